The second kappa shape index (κ2) is 7.39. The van der Waals surface area contributed by atoms with Crippen molar-refractivity contribution in [2.75, 3.05) is 11.5 Å². The largest absolute Gasteiger partial charge is 0.333 e. The molecule has 0 aliphatic carbocycles. The van der Waals surface area contributed by atoms with Gasteiger partial charge in [-0.3, -0.25) is 4.55 Å². The van der Waals surface area contributed by atoms with Gasteiger partial charge in [0.05, 0.1) is 16.8 Å². The number of thioether (sulfide) groups is 1. The van der Waals surface area contributed by atoms with E-state index in [0.29, 0.717) is 12.2 Å². The number of nitrogens with zero attached hydrogens (tertiary/aromatic N) is 1. The Balaban J connectivity index is 0.00000162. The van der Waals surface area contributed by atoms with Crippen molar-refractivity contribution in [3.8, 4) is 0 Å². The summed E-state index contributed by atoms with van der Waals surface area (Å²) in [5.74, 6) is 0.389. The number of nitrogens with one attached hydrogen (secondary N) is 1. The van der Waals surface area contributed by atoms with Gasteiger partial charge in [0.2, 0.25) is 0 Å². The number of benzene rings is 1. The zero-order valence-electron chi connectivity index (χ0n) is 9.96. The molecule has 0 bridgehead atoms. The van der Waals surface area contributed by atoms with Crippen molar-refractivity contribution < 1.29 is 13.0 Å². The number of H-pyrrole nitrogens is 1. The van der Waals surface area contributed by atoms with E-state index in [1.54, 1.807) is 0 Å². The molecule has 1 aromatic heterocycles. The summed E-state index contributed by atoms with van der Waals surface area (Å²) >= 11 is 1.44. The molecule has 0 saturated carbocycles. The summed E-state index contributed by atoms with van der Waals surface area (Å²) in [4.78, 5) is 7.48. The Bertz CT molecular complexity index is 579. The zero-order chi connectivity index (χ0) is 12.3. The number of aromatic nitrogens is 2. The molecule has 0 atom stereocenters. The summed E-state index contributed by atoms with van der Waals surface area (Å²) in [6.45, 7) is 0. The predicted molar refractivity (Wildman–Crippen MR) is 73.6 cm³/mol. The van der Waals surface area contributed by atoms with Crippen LogP contribution in [-0.4, -0.2) is 85.8 Å². The van der Waals surface area contributed by atoms with E-state index in [-0.39, 0.29) is 57.1 Å². The average Bonchev–Trinajstić information content (AvgIpc) is 2.65. The number of rotatable bonds is 5. The quantitative estimate of drug-likeness (QED) is 0.379. The van der Waals surface area contributed by atoms with Crippen LogP contribution in [0, 0.1) is 0 Å². The van der Waals surface area contributed by atoms with Gasteiger partial charge in [-0.1, -0.05) is 23.9 Å². The molecule has 5 nitrogen and oxygen atoms in total. The standard InChI is InChI=1S/C10H12N2O3S2.K/c13-17(14,15)7-3-6-16-10-11-8-4-1-2-5-9(8)12-10;/h1-2,4-5H,3,6-7H2,(H,11,12)(H,13,14,15);. The first-order valence-corrected chi connectivity index (χ1v) is 7.67. The molecular formula is C10H12KN2O3S2. The average molecular weight is 311 g/mol. The van der Waals surface area contributed by atoms with Gasteiger partial charge >= 0.3 is 0 Å². The Morgan fingerprint density at radius 2 is 2.06 bits per heavy atom. The fourth-order valence-electron chi connectivity index (χ4n) is 1.41. The van der Waals surface area contributed by atoms with Crippen molar-refractivity contribution in [1.82, 2.24) is 9.97 Å². The van der Waals surface area contributed by atoms with E-state index >= 15 is 0 Å². The Morgan fingerprint density at radius 1 is 1.33 bits per heavy atom. The van der Waals surface area contributed by atoms with E-state index in [1.165, 1.54) is 11.8 Å². The molecule has 1 radical (unpaired) electrons. The van der Waals surface area contributed by atoms with Gasteiger partial charge in [0.1, 0.15) is 0 Å². The molecule has 2 rings (SSSR count). The Morgan fingerprint density at radius 3 is 2.72 bits per heavy atom. The number of para-hydroxylation sites is 2. The zero-order valence-corrected chi connectivity index (χ0v) is 14.7. The second-order valence-corrected chi connectivity index (χ2v) is 6.20. The van der Waals surface area contributed by atoms with Crippen LogP contribution in [0.25, 0.3) is 11.0 Å². The molecule has 2 aromatic rings. The summed E-state index contributed by atoms with van der Waals surface area (Å²) in [6.07, 6.45) is 0.403. The maximum atomic E-state index is 10.5. The maximum absolute atomic E-state index is 10.5. The van der Waals surface area contributed by atoms with Crippen LogP contribution in [0.15, 0.2) is 29.4 Å². The number of hydrogen-bond donors (Lipinski definition) is 2. The Kier molecular flexibility index (Phi) is 6.83. The number of aromatic amines is 1. The molecule has 0 saturated heterocycles. The molecule has 0 aliphatic heterocycles. The number of fused-ring (bicyclic) bond motifs is 1. The number of imidazole rings is 1. The van der Waals surface area contributed by atoms with Crippen molar-refractivity contribution in [3.05, 3.63) is 24.3 Å². The summed E-state index contributed by atoms with van der Waals surface area (Å²) in [7, 11) is -3.85. The molecule has 1 aromatic carbocycles. The van der Waals surface area contributed by atoms with Crippen molar-refractivity contribution in [2.45, 2.75) is 11.6 Å². The minimum atomic E-state index is -3.85. The van der Waals surface area contributed by atoms with Crippen LogP contribution in [0.3, 0.4) is 0 Å². The van der Waals surface area contributed by atoms with E-state index < -0.39 is 10.1 Å². The molecule has 0 aliphatic rings. The van der Waals surface area contributed by atoms with Gasteiger partial charge in [-0.25, -0.2) is 4.98 Å². The molecule has 0 amide bonds. The molecule has 2 N–H and O–H groups in total. The van der Waals surface area contributed by atoms with E-state index in [9.17, 15) is 8.42 Å². The second-order valence-electron chi connectivity index (χ2n) is 3.55. The summed E-state index contributed by atoms with van der Waals surface area (Å²) in [5, 5.41) is 0.765. The molecule has 1 heterocycles. The molecule has 18 heavy (non-hydrogen) atoms. The minimum Gasteiger partial charge on any atom is -0.333 e. The van der Waals surface area contributed by atoms with Crippen molar-refractivity contribution in [3.63, 3.8) is 0 Å². The van der Waals surface area contributed by atoms with Crippen LogP contribution >= 0.6 is 11.8 Å². The van der Waals surface area contributed by atoms with Gasteiger partial charge in [0.15, 0.2) is 5.16 Å². The summed E-state index contributed by atoms with van der Waals surface area (Å²) in [5.41, 5.74) is 1.86. The molecule has 0 fully saturated rings. The van der Waals surface area contributed by atoms with Crippen LogP contribution in [0.5, 0.6) is 0 Å². The monoisotopic (exact) mass is 311 g/mol. The van der Waals surface area contributed by atoms with E-state index in [0.717, 1.165) is 16.2 Å². The third-order valence-corrected chi connectivity index (χ3v) is 3.92. The van der Waals surface area contributed by atoms with Crippen LogP contribution in [-0.2, 0) is 10.1 Å². The van der Waals surface area contributed by atoms with Crippen LogP contribution in [0.1, 0.15) is 6.42 Å². The smallest absolute Gasteiger partial charge is 0.264 e. The van der Waals surface area contributed by atoms with Crippen LogP contribution < -0.4 is 0 Å². The molecule has 0 unspecified atom stereocenters. The van der Waals surface area contributed by atoms with Gasteiger partial charge in [-0.15, -0.1) is 0 Å². The van der Waals surface area contributed by atoms with Crippen LogP contribution in [0.2, 0.25) is 0 Å². The topological polar surface area (TPSA) is 83.1 Å². The number of hydrogen-bond acceptors (Lipinski definition) is 4. The van der Waals surface area contributed by atoms with Gasteiger partial charge in [-0.2, -0.15) is 8.42 Å². The van der Waals surface area contributed by atoms with Crippen molar-refractivity contribution in [2.24, 2.45) is 0 Å². The van der Waals surface area contributed by atoms with Gasteiger partial charge < -0.3 is 4.98 Å². The summed E-state index contributed by atoms with van der Waals surface area (Å²) in [6, 6.07) is 7.68. The van der Waals surface area contributed by atoms with E-state index in [4.69, 9.17) is 4.55 Å². The predicted octanol–water partition coefficient (Wildman–Crippen LogP) is 1.55. The molecule has 0 spiro atoms. The minimum absolute atomic E-state index is 0. The molecule has 8 heteroatoms. The van der Waals surface area contributed by atoms with Gasteiger partial charge in [0.25, 0.3) is 10.1 Å². The van der Waals surface area contributed by atoms with E-state index in [2.05, 4.69) is 9.97 Å². The third kappa shape index (κ3) is 5.29. The molecule has 93 valence electrons. The molecular weight excluding hydrogens is 299 g/mol. The fraction of sp³-hybridized carbons (Fsp3) is 0.300. The van der Waals surface area contributed by atoms with Crippen molar-refractivity contribution in [1.29, 1.82) is 0 Å². The first-order chi connectivity index (χ1) is 8.04. The van der Waals surface area contributed by atoms with Gasteiger partial charge in [-0.05, 0) is 18.6 Å². The van der Waals surface area contributed by atoms with Crippen LogP contribution in [0.4, 0.5) is 0 Å². The Hall–Kier alpha value is 0.586. The van der Waals surface area contributed by atoms with Crippen molar-refractivity contribution >= 4 is 84.3 Å². The SMILES string of the molecule is O=S(=O)(O)CCCSc1nc2ccccc2[nH]1.[K]. The first kappa shape index (κ1) is 16.6. The van der Waals surface area contributed by atoms with E-state index in [1.807, 2.05) is 24.3 Å². The van der Waals surface area contributed by atoms with Gasteiger partial charge in [0, 0.05) is 57.1 Å². The fourth-order valence-corrected chi connectivity index (χ4v) is 2.93. The summed E-state index contributed by atoms with van der Waals surface area (Å²) < 4.78 is 29.6. The third-order valence-electron chi connectivity index (χ3n) is 2.15. The Labute approximate surface area is 152 Å². The first-order valence-electron chi connectivity index (χ1n) is 5.07. The normalized spacial score (nSPS) is 11.4. The maximum Gasteiger partial charge on any atom is 0.264 e.